The predicted molar refractivity (Wildman–Crippen MR) is 108 cm³/mol. The highest BCUT2D eigenvalue weighted by molar-refractivity contribution is 6.40. The molecule has 2 atom stereocenters. The van der Waals surface area contributed by atoms with E-state index in [-0.39, 0.29) is 6.32 Å². The Morgan fingerprint density at radius 2 is 2.04 bits per heavy atom. The molecule has 27 heavy (non-hydrogen) atoms. The van der Waals surface area contributed by atoms with Crippen molar-refractivity contribution in [1.29, 1.82) is 0 Å². The van der Waals surface area contributed by atoms with E-state index in [1.165, 1.54) is 5.56 Å². The number of hydrogen-bond acceptors (Lipinski definition) is 5. The normalized spacial score (nSPS) is 19.8. The average molecular weight is 397 g/mol. The molecule has 1 aliphatic heterocycles. The Hall–Kier alpha value is -1.12. The fourth-order valence-electron chi connectivity index (χ4n) is 3.89. The van der Waals surface area contributed by atoms with E-state index in [2.05, 4.69) is 11.0 Å². The zero-order valence-corrected chi connectivity index (χ0v) is 16.4. The van der Waals surface area contributed by atoms with Gasteiger partial charge in [0.1, 0.15) is 5.54 Å². The van der Waals surface area contributed by atoms with E-state index in [0.717, 1.165) is 31.0 Å². The lowest BCUT2D eigenvalue weighted by molar-refractivity contribution is -0.144. The molecule has 0 aliphatic carbocycles. The smallest absolute Gasteiger partial charge is 0.451 e. The maximum absolute atomic E-state index is 11.6. The number of nitrogens with two attached hydrogens (primary N) is 1. The van der Waals surface area contributed by atoms with E-state index in [1.807, 2.05) is 18.2 Å². The van der Waals surface area contributed by atoms with E-state index < -0.39 is 18.6 Å². The summed E-state index contributed by atoms with van der Waals surface area (Å²) >= 11 is 6.12. The van der Waals surface area contributed by atoms with E-state index in [1.54, 1.807) is 0 Å². The first-order valence-corrected chi connectivity index (χ1v) is 10.1. The molecule has 1 saturated heterocycles. The van der Waals surface area contributed by atoms with E-state index in [9.17, 15) is 9.90 Å². The lowest BCUT2D eigenvalue weighted by atomic mass is 9.81. The molecule has 8 heteroatoms. The van der Waals surface area contributed by atoms with Gasteiger partial charge in [0.15, 0.2) is 0 Å². The van der Waals surface area contributed by atoms with E-state index in [0.29, 0.717) is 38.1 Å². The van der Waals surface area contributed by atoms with Gasteiger partial charge in [-0.05, 0) is 69.2 Å². The van der Waals surface area contributed by atoms with Crippen molar-refractivity contribution in [2.45, 2.75) is 62.8 Å². The molecule has 1 aliphatic rings. The number of nitrogens with zero attached hydrogens (tertiary/aromatic N) is 1. The van der Waals surface area contributed by atoms with Gasteiger partial charge in [0.2, 0.25) is 0 Å². The summed E-state index contributed by atoms with van der Waals surface area (Å²) in [6, 6.07) is 8.26. The third kappa shape index (κ3) is 6.77. The van der Waals surface area contributed by atoms with Crippen LogP contribution in [0.1, 0.15) is 56.6 Å². The number of unbranched alkanes of at least 4 members (excludes halogenated alkanes) is 1. The van der Waals surface area contributed by atoms with Crippen LogP contribution in [0.2, 0.25) is 11.3 Å². The molecule has 1 fully saturated rings. The van der Waals surface area contributed by atoms with Crippen LogP contribution in [0.25, 0.3) is 0 Å². The molecule has 0 spiro atoms. The highest BCUT2D eigenvalue weighted by Crippen LogP contribution is 2.33. The van der Waals surface area contributed by atoms with E-state index in [4.69, 9.17) is 27.4 Å². The minimum Gasteiger partial charge on any atom is -0.480 e. The Morgan fingerprint density at radius 3 is 2.70 bits per heavy atom. The number of carboxylic acids is 1. The maximum Gasteiger partial charge on any atom is 0.451 e. The van der Waals surface area contributed by atoms with Crippen LogP contribution in [0.3, 0.4) is 0 Å². The fraction of sp³-hybridized carbons (Fsp3) is 0.632. The first-order valence-electron chi connectivity index (χ1n) is 9.70. The van der Waals surface area contributed by atoms with Gasteiger partial charge in [-0.1, -0.05) is 36.6 Å². The van der Waals surface area contributed by atoms with Crippen molar-refractivity contribution in [3.05, 3.63) is 34.9 Å². The second kappa shape index (κ2) is 10.4. The molecule has 0 aromatic heterocycles. The van der Waals surface area contributed by atoms with Crippen molar-refractivity contribution in [2.75, 3.05) is 13.1 Å². The van der Waals surface area contributed by atoms with Crippen molar-refractivity contribution in [3.63, 3.8) is 0 Å². The lowest BCUT2D eigenvalue weighted by Crippen LogP contribution is -2.48. The lowest BCUT2D eigenvalue weighted by Gasteiger charge is -2.28. The number of rotatable bonds is 11. The molecule has 0 amide bonds. The minimum atomic E-state index is -1.35. The molecule has 0 radical (unpaired) electrons. The van der Waals surface area contributed by atoms with Crippen LogP contribution in [0, 0.1) is 0 Å². The zero-order chi connectivity index (χ0) is 19.9. The molecule has 2 rings (SSSR count). The molecule has 150 valence electrons. The molecule has 2 unspecified atom stereocenters. The number of carboxylic acid groups (broad SMARTS) is 1. The zero-order valence-electron chi connectivity index (χ0n) is 15.7. The first kappa shape index (κ1) is 22.2. The summed E-state index contributed by atoms with van der Waals surface area (Å²) in [5.41, 5.74) is 6.10. The number of hydrogen-bond donors (Lipinski definition) is 4. The summed E-state index contributed by atoms with van der Waals surface area (Å²) in [5, 5.41) is 28.0. The summed E-state index contributed by atoms with van der Waals surface area (Å²) in [6.07, 6.45) is 5.01. The summed E-state index contributed by atoms with van der Waals surface area (Å²) < 4.78 is 0. The molecule has 0 saturated carbocycles. The van der Waals surface area contributed by atoms with Gasteiger partial charge in [-0.25, -0.2) is 0 Å². The maximum atomic E-state index is 11.6. The molecule has 0 bridgehead atoms. The van der Waals surface area contributed by atoms with Gasteiger partial charge in [-0.2, -0.15) is 0 Å². The topological polar surface area (TPSA) is 107 Å². The van der Waals surface area contributed by atoms with Crippen molar-refractivity contribution < 1.29 is 19.9 Å². The van der Waals surface area contributed by atoms with Crippen molar-refractivity contribution in [1.82, 2.24) is 4.90 Å². The fourth-order valence-corrected chi connectivity index (χ4v) is 4.09. The van der Waals surface area contributed by atoms with Crippen LogP contribution in [-0.4, -0.2) is 51.8 Å². The van der Waals surface area contributed by atoms with Crippen LogP contribution in [0.4, 0.5) is 0 Å². The van der Waals surface area contributed by atoms with Crippen LogP contribution in [0.5, 0.6) is 0 Å². The monoisotopic (exact) mass is 396 g/mol. The van der Waals surface area contributed by atoms with Gasteiger partial charge in [-0.3, -0.25) is 9.69 Å². The number of halogens is 1. The SMILES string of the molecule is NC(CCCCB(O)O)(CCCN1CCCC1c1cccc(Cl)c1)C(=O)O. The third-order valence-corrected chi connectivity index (χ3v) is 5.66. The number of likely N-dealkylation sites (tertiary alicyclic amines) is 1. The van der Waals surface area contributed by atoms with Gasteiger partial charge < -0.3 is 20.9 Å². The summed E-state index contributed by atoms with van der Waals surface area (Å²) in [5.74, 6) is -0.986. The highest BCUT2D eigenvalue weighted by atomic mass is 35.5. The van der Waals surface area contributed by atoms with Gasteiger partial charge in [0, 0.05) is 11.1 Å². The Labute approximate surface area is 166 Å². The number of benzene rings is 1. The van der Waals surface area contributed by atoms with Crippen LogP contribution < -0.4 is 5.73 Å². The molecule has 1 aromatic rings. The summed E-state index contributed by atoms with van der Waals surface area (Å²) in [4.78, 5) is 14.0. The van der Waals surface area contributed by atoms with Crippen molar-refractivity contribution in [3.8, 4) is 0 Å². The molecule has 5 N–H and O–H groups in total. The standard InChI is InChI=1S/C19H30BClN2O4/c21-16-7-3-6-15(14-16)17-8-4-12-23(17)13-5-10-19(22,18(24)25)9-1-2-11-20(26)27/h3,6-7,14,17,26-27H,1-2,4-5,8-13,22H2,(H,24,25). The van der Waals surface area contributed by atoms with Gasteiger partial charge in [0.25, 0.3) is 0 Å². The molecular weight excluding hydrogens is 366 g/mol. The highest BCUT2D eigenvalue weighted by Gasteiger charge is 2.34. The van der Waals surface area contributed by atoms with Crippen LogP contribution in [-0.2, 0) is 4.79 Å². The second-order valence-electron chi connectivity index (χ2n) is 7.54. The average Bonchev–Trinajstić information content (AvgIpc) is 3.07. The molecule has 1 heterocycles. The van der Waals surface area contributed by atoms with Gasteiger partial charge in [0.05, 0.1) is 0 Å². The Bertz CT molecular complexity index is 619. The largest absolute Gasteiger partial charge is 0.480 e. The number of carbonyl (C=O) groups is 1. The van der Waals surface area contributed by atoms with Gasteiger partial charge >= 0.3 is 13.1 Å². The first-order chi connectivity index (χ1) is 12.8. The number of aliphatic carboxylic acids is 1. The van der Waals surface area contributed by atoms with E-state index >= 15 is 0 Å². The predicted octanol–water partition coefficient (Wildman–Crippen LogP) is 2.68. The third-order valence-electron chi connectivity index (χ3n) is 5.43. The van der Waals surface area contributed by atoms with Crippen LogP contribution in [0.15, 0.2) is 24.3 Å². The van der Waals surface area contributed by atoms with Crippen LogP contribution >= 0.6 is 11.6 Å². The van der Waals surface area contributed by atoms with Crippen molar-refractivity contribution in [2.24, 2.45) is 5.73 Å². The van der Waals surface area contributed by atoms with Crippen molar-refractivity contribution >= 4 is 24.7 Å². The molecule has 6 nitrogen and oxygen atoms in total. The quantitative estimate of drug-likeness (QED) is 0.338. The second-order valence-corrected chi connectivity index (χ2v) is 7.98. The summed E-state index contributed by atoms with van der Waals surface area (Å²) in [6.45, 7) is 1.80. The Morgan fingerprint density at radius 1 is 1.30 bits per heavy atom. The Balaban J connectivity index is 1.85. The Kier molecular flexibility index (Phi) is 8.57. The minimum absolute atomic E-state index is 0.241. The molecule has 1 aromatic carbocycles. The van der Waals surface area contributed by atoms with Gasteiger partial charge in [-0.15, -0.1) is 0 Å². The molecular formula is C19H30BClN2O4. The summed E-state index contributed by atoms with van der Waals surface area (Å²) in [7, 11) is -1.35.